The minimum absolute atomic E-state index is 0.0442. The Hall–Kier alpha value is -1.44. The third kappa shape index (κ3) is 4.59. The van der Waals surface area contributed by atoms with Crippen LogP contribution in [0.3, 0.4) is 0 Å². The summed E-state index contributed by atoms with van der Waals surface area (Å²) >= 11 is 0. The number of quaternary nitrogens is 1. The average molecular weight is 369 g/mol. The van der Waals surface area contributed by atoms with Crippen molar-refractivity contribution in [3.05, 3.63) is 29.3 Å². The van der Waals surface area contributed by atoms with Crippen molar-refractivity contribution < 1.29 is 18.1 Å². The Morgan fingerprint density at radius 2 is 1.92 bits per heavy atom. The number of nitrogens with one attached hydrogen (secondary N) is 2. The van der Waals surface area contributed by atoms with Crippen LogP contribution in [-0.2, 0) is 14.8 Å². The number of nitrogens with zero attached hydrogens (tertiary/aromatic N) is 1. The Morgan fingerprint density at radius 1 is 1.28 bits per heavy atom. The van der Waals surface area contributed by atoms with Gasteiger partial charge in [0.1, 0.15) is 0 Å². The predicted molar refractivity (Wildman–Crippen MR) is 98.1 cm³/mol. The minimum atomic E-state index is -3.48. The average Bonchev–Trinajstić information content (AvgIpc) is 2.61. The summed E-state index contributed by atoms with van der Waals surface area (Å²) < 4.78 is 27.4. The highest BCUT2D eigenvalue weighted by molar-refractivity contribution is 7.89. The molecule has 0 unspecified atom stereocenters. The van der Waals surface area contributed by atoms with Crippen molar-refractivity contribution in [3.63, 3.8) is 0 Å². The number of aryl methyl sites for hydroxylation is 2. The van der Waals surface area contributed by atoms with E-state index in [-0.39, 0.29) is 11.9 Å². The molecule has 140 valence electrons. The molecule has 1 aliphatic rings. The molecule has 1 saturated heterocycles. The number of hydrogen-bond acceptors (Lipinski definition) is 3. The highest BCUT2D eigenvalue weighted by Crippen LogP contribution is 2.21. The van der Waals surface area contributed by atoms with Gasteiger partial charge in [-0.2, -0.15) is 4.31 Å². The Bertz CT molecular complexity index is 710. The molecule has 0 spiro atoms. The van der Waals surface area contributed by atoms with Crippen molar-refractivity contribution in [1.29, 1.82) is 0 Å². The smallest absolute Gasteiger partial charge is 0.278 e. The first kappa shape index (κ1) is 19.9. The van der Waals surface area contributed by atoms with Crippen LogP contribution in [0.5, 0.6) is 0 Å². The zero-order chi connectivity index (χ0) is 18.6. The second kappa shape index (κ2) is 8.29. The molecule has 2 rings (SSSR count). The molecule has 1 fully saturated rings. The lowest BCUT2D eigenvalue weighted by atomic mass is 10.2. The Balaban J connectivity index is 2.04. The Kier molecular flexibility index (Phi) is 6.59. The van der Waals surface area contributed by atoms with Crippen LogP contribution in [0.2, 0.25) is 0 Å². The van der Waals surface area contributed by atoms with Crippen molar-refractivity contribution in [3.8, 4) is 0 Å². The van der Waals surface area contributed by atoms with Crippen molar-refractivity contribution >= 4 is 15.9 Å². The van der Waals surface area contributed by atoms with E-state index in [2.05, 4.69) is 5.32 Å². The summed E-state index contributed by atoms with van der Waals surface area (Å²) in [5.41, 5.74) is 1.71. The summed E-state index contributed by atoms with van der Waals surface area (Å²) in [6.45, 7) is 10.5. The minimum Gasteiger partial charge on any atom is -0.351 e. The van der Waals surface area contributed by atoms with E-state index in [4.69, 9.17) is 0 Å². The fraction of sp³-hybridized carbons (Fsp3) is 0.611. The van der Waals surface area contributed by atoms with Gasteiger partial charge in [0.15, 0.2) is 6.04 Å². The van der Waals surface area contributed by atoms with Crippen molar-refractivity contribution in [2.75, 3.05) is 32.7 Å². The molecule has 0 bridgehead atoms. The lowest BCUT2D eigenvalue weighted by molar-refractivity contribution is -0.917. The number of piperazine rings is 1. The molecule has 0 aliphatic carbocycles. The number of rotatable bonds is 6. The topological polar surface area (TPSA) is 70.9 Å². The number of carbonyl (C=O) groups excluding carboxylic acids is 1. The summed E-state index contributed by atoms with van der Waals surface area (Å²) in [5, 5.41) is 2.92. The monoisotopic (exact) mass is 368 g/mol. The SMILES string of the molecule is CCCNC(=O)[C@H](C)[NH+]1CCN(S(=O)(=O)c2cc(C)ccc2C)CC1. The van der Waals surface area contributed by atoms with E-state index in [0.29, 0.717) is 37.6 Å². The third-order valence-electron chi connectivity index (χ3n) is 4.88. The summed E-state index contributed by atoms with van der Waals surface area (Å²) in [6.07, 6.45) is 0.912. The van der Waals surface area contributed by atoms with Crippen LogP contribution in [-0.4, -0.2) is 57.4 Å². The van der Waals surface area contributed by atoms with Crippen molar-refractivity contribution in [2.24, 2.45) is 0 Å². The molecule has 7 heteroatoms. The summed E-state index contributed by atoms with van der Waals surface area (Å²) in [5.74, 6) is 0.0442. The van der Waals surface area contributed by atoms with Gasteiger partial charge in [-0.3, -0.25) is 4.79 Å². The van der Waals surface area contributed by atoms with Crippen LogP contribution >= 0.6 is 0 Å². The van der Waals surface area contributed by atoms with Crippen LogP contribution < -0.4 is 10.2 Å². The number of amides is 1. The van der Waals surface area contributed by atoms with E-state index >= 15 is 0 Å². The molecular weight excluding hydrogens is 338 g/mol. The standard InChI is InChI=1S/C18H29N3O3S/c1-5-8-19-18(22)16(4)20-9-11-21(12-10-20)25(23,24)17-13-14(2)6-7-15(17)3/h6-7,13,16H,5,8-12H2,1-4H3,(H,19,22)/p+1/t16-/m0/s1. The van der Waals surface area contributed by atoms with Gasteiger partial charge in [0, 0.05) is 6.54 Å². The van der Waals surface area contributed by atoms with Crippen LogP contribution in [0, 0.1) is 13.8 Å². The molecule has 6 nitrogen and oxygen atoms in total. The maximum absolute atomic E-state index is 12.9. The van der Waals surface area contributed by atoms with Crippen molar-refractivity contribution in [1.82, 2.24) is 9.62 Å². The van der Waals surface area contributed by atoms with Crippen LogP contribution in [0.4, 0.5) is 0 Å². The van der Waals surface area contributed by atoms with E-state index in [1.54, 1.807) is 10.4 Å². The zero-order valence-electron chi connectivity index (χ0n) is 15.6. The summed E-state index contributed by atoms with van der Waals surface area (Å²) in [7, 11) is -3.48. The molecule has 0 radical (unpaired) electrons. The third-order valence-corrected chi connectivity index (χ3v) is 6.92. The van der Waals surface area contributed by atoms with Gasteiger partial charge in [-0.15, -0.1) is 0 Å². The molecule has 0 aromatic heterocycles. The number of benzene rings is 1. The molecule has 0 saturated carbocycles. The summed E-state index contributed by atoms with van der Waals surface area (Å²) in [6, 6.07) is 5.36. The maximum Gasteiger partial charge on any atom is 0.278 e. The highest BCUT2D eigenvalue weighted by Gasteiger charge is 2.34. The van der Waals surface area contributed by atoms with E-state index in [1.807, 2.05) is 39.8 Å². The number of carbonyl (C=O) groups is 1. The van der Waals surface area contributed by atoms with Gasteiger partial charge < -0.3 is 10.2 Å². The van der Waals surface area contributed by atoms with Gasteiger partial charge in [0.2, 0.25) is 10.0 Å². The second-order valence-electron chi connectivity index (χ2n) is 6.84. The molecule has 1 aromatic carbocycles. The molecule has 1 aromatic rings. The zero-order valence-corrected chi connectivity index (χ0v) is 16.4. The highest BCUT2D eigenvalue weighted by atomic mass is 32.2. The largest absolute Gasteiger partial charge is 0.351 e. The first-order valence-corrected chi connectivity index (χ1v) is 10.4. The molecule has 1 aliphatic heterocycles. The van der Waals surface area contributed by atoms with E-state index in [0.717, 1.165) is 22.4 Å². The summed E-state index contributed by atoms with van der Waals surface area (Å²) in [4.78, 5) is 13.7. The molecule has 2 N–H and O–H groups in total. The van der Waals surface area contributed by atoms with Gasteiger partial charge >= 0.3 is 0 Å². The first-order chi connectivity index (χ1) is 11.8. The molecule has 1 heterocycles. The van der Waals surface area contributed by atoms with Crippen LogP contribution in [0.1, 0.15) is 31.4 Å². The van der Waals surface area contributed by atoms with Gasteiger partial charge in [-0.1, -0.05) is 19.1 Å². The van der Waals surface area contributed by atoms with Crippen LogP contribution in [0.25, 0.3) is 0 Å². The lowest BCUT2D eigenvalue weighted by Gasteiger charge is -2.34. The van der Waals surface area contributed by atoms with Gasteiger partial charge in [-0.25, -0.2) is 8.42 Å². The second-order valence-corrected chi connectivity index (χ2v) is 8.75. The Morgan fingerprint density at radius 3 is 2.52 bits per heavy atom. The fourth-order valence-corrected chi connectivity index (χ4v) is 4.91. The van der Waals surface area contributed by atoms with Crippen molar-refractivity contribution in [2.45, 2.75) is 45.1 Å². The number of hydrogen-bond donors (Lipinski definition) is 2. The predicted octanol–water partition coefficient (Wildman–Crippen LogP) is 0.107. The molecule has 1 amide bonds. The first-order valence-electron chi connectivity index (χ1n) is 8.97. The van der Waals surface area contributed by atoms with Gasteiger partial charge in [0.25, 0.3) is 5.91 Å². The maximum atomic E-state index is 12.9. The van der Waals surface area contributed by atoms with E-state index in [1.165, 1.54) is 0 Å². The molecular formula is C18H30N3O3S+. The number of sulfonamides is 1. The van der Waals surface area contributed by atoms with E-state index < -0.39 is 10.0 Å². The lowest BCUT2D eigenvalue weighted by Crippen LogP contribution is -3.19. The Labute approximate surface area is 151 Å². The van der Waals surface area contributed by atoms with Gasteiger partial charge in [0.05, 0.1) is 31.1 Å². The van der Waals surface area contributed by atoms with Gasteiger partial charge in [-0.05, 0) is 44.4 Å². The van der Waals surface area contributed by atoms with Crippen LogP contribution in [0.15, 0.2) is 23.1 Å². The molecule has 1 atom stereocenters. The van der Waals surface area contributed by atoms with E-state index in [9.17, 15) is 13.2 Å². The fourth-order valence-electron chi connectivity index (χ4n) is 3.16. The normalized spacial score (nSPS) is 18.1. The molecule has 25 heavy (non-hydrogen) atoms. The quantitative estimate of drug-likeness (QED) is 0.749.